The van der Waals surface area contributed by atoms with Crippen LogP contribution in [0.25, 0.3) is 0 Å². The van der Waals surface area contributed by atoms with Crippen LogP contribution in [0, 0.1) is 11.8 Å². The van der Waals surface area contributed by atoms with Gasteiger partial charge in [0, 0.05) is 6.42 Å². The summed E-state index contributed by atoms with van der Waals surface area (Å²) in [7, 11) is 0. The van der Waals surface area contributed by atoms with E-state index in [4.69, 9.17) is 0 Å². The number of rotatable bonds is 16. The normalized spacial score (nSPS) is 13.4. The minimum absolute atomic E-state index is 0.117. The van der Waals surface area contributed by atoms with Gasteiger partial charge in [-0.15, -0.1) is 0 Å². The van der Waals surface area contributed by atoms with Crippen molar-refractivity contribution >= 4 is 17.8 Å². The first kappa shape index (κ1) is 26.4. The molecule has 3 N–H and O–H groups in total. The number of unbranched alkanes of at least 4 members (excludes halogenated alkanes) is 8. The summed E-state index contributed by atoms with van der Waals surface area (Å²) < 4.78 is 0. The van der Waals surface area contributed by atoms with Crippen LogP contribution in [0.5, 0.6) is 0 Å². The maximum Gasteiger partial charge on any atom is 0.326 e. The van der Waals surface area contributed by atoms with Gasteiger partial charge in [0.25, 0.3) is 0 Å². The van der Waals surface area contributed by atoms with Gasteiger partial charge in [0.1, 0.15) is 12.1 Å². The lowest BCUT2D eigenvalue weighted by atomic mass is 10.00. The Hall–Kier alpha value is -1.59. The first-order valence-electron chi connectivity index (χ1n) is 11.0. The Morgan fingerprint density at radius 3 is 1.61 bits per heavy atom. The molecule has 0 rings (SSSR count). The smallest absolute Gasteiger partial charge is 0.326 e. The lowest BCUT2D eigenvalue weighted by Crippen LogP contribution is -2.54. The van der Waals surface area contributed by atoms with Gasteiger partial charge in [-0.05, 0) is 18.3 Å². The van der Waals surface area contributed by atoms with Crippen molar-refractivity contribution in [3.63, 3.8) is 0 Å². The number of carbonyl (C=O) groups excluding carboxylic acids is 2. The van der Waals surface area contributed by atoms with E-state index in [1.165, 1.54) is 38.5 Å². The molecule has 0 radical (unpaired) electrons. The van der Waals surface area contributed by atoms with E-state index in [0.29, 0.717) is 6.42 Å². The van der Waals surface area contributed by atoms with Gasteiger partial charge >= 0.3 is 5.97 Å². The van der Waals surface area contributed by atoms with Gasteiger partial charge in [0.15, 0.2) is 0 Å². The Morgan fingerprint density at radius 1 is 0.714 bits per heavy atom. The molecule has 0 unspecified atom stereocenters. The fraction of sp³-hybridized carbons (Fsp3) is 0.864. The molecule has 0 bridgehead atoms. The number of hydrogen-bond donors (Lipinski definition) is 3. The molecule has 6 heteroatoms. The van der Waals surface area contributed by atoms with Crippen molar-refractivity contribution in [3.8, 4) is 0 Å². The third kappa shape index (κ3) is 12.0. The van der Waals surface area contributed by atoms with Crippen LogP contribution in [-0.4, -0.2) is 35.0 Å². The zero-order valence-corrected chi connectivity index (χ0v) is 18.6. The predicted octanol–water partition coefficient (Wildman–Crippen LogP) is 4.27. The second-order valence-electron chi connectivity index (χ2n) is 8.44. The Bertz CT molecular complexity index is 463. The van der Waals surface area contributed by atoms with Crippen LogP contribution < -0.4 is 10.6 Å². The maximum absolute atomic E-state index is 12.5. The fourth-order valence-electron chi connectivity index (χ4n) is 3.13. The summed E-state index contributed by atoms with van der Waals surface area (Å²) in [4.78, 5) is 36.0. The van der Waals surface area contributed by atoms with E-state index in [-0.39, 0.29) is 17.7 Å². The first-order valence-corrected chi connectivity index (χ1v) is 11.0. The number of hydrogen-bond acceptors (Lipinski definition) is 3. The Balaban J connectivity index is 4.23. The molecule has 0 saturated carbocycles. The van der Waals surface area contributed by atoms with Crippen LogP contribution in [-0.2, 0) is 14.4 Å². The lowest BCUT2D eigenvalue weighted by Gasteiger charge is -2.25. The number of nitrogens with one attached hydrogen (secondary N) is 2. The summed E-state index contributed by atoms with van der Waals surface area (Å²) >= 11 is 0. The topological polar surface area (TPSA) is 95.5 Å². The van der Waals surface area contributed by atoms with Gasteiger partial charge in [0.05, 0.1) is 0 Å². The average molecular weight is 399 g/mol. The standard InChI is InChI=1S/C22H42N2O4/c1-6-7-8-9-10-11-12-13-14-15-18(25)23-19(16(2)3)21(26)24-20(17(4)5)22(27)28/h16-17,19-20H,6-15H2,1-5H3,(H,23,25)(H,24,26)(H,27,28)/t19-,20-/m0/s1. The van der Waals surface area contributed by atoms with Gasteiger partial charge in [-0.3, -0.25) is 9.59 Å². The molecule has 0 aromatic carbocycles. The van der Waals surface area contributed by atoms with Crippen molar-refractivity contribution in [1.82, 2.24) is 10.6 Å². The molecule has 0 heterocycles. The van der Waals surface area contributed by atoms with Crippen LogP contribution in [0.3, 0.4) is 0 Å². The largest absolute Gasteiger partial charge is 0.480 e. The molecular weight excluding hydrogens is 356 g/mol. The molecule has 6 nitrogen and oxygen atoms in total. The average Bonchev–Trinajstić information content (AvgIpc) is 2.61. The van der Waals surface area contributed by atoms with Crippen molar-refractivity contribution in [1.29, 1.82) is 0 Å². The zero-order chi connectivity index (χ0) is 21.5. The maximum atomic E-state index is 12.5. The van der Waals surface area contributed by atoms with Crippen molar-refractivity contribution in [3.05, 3.63) is 0 Å². The number of carboxylic acids is 1. The van der Waals surface area contributed by atoms with Gasteiger partial charge in [-0.2, -0.15) is 0 Å². The highest BCUT2D eigenvalue weighted by atomic mass is 16.4. The molecular formula is C22H42N2O4. The van der Waals surface area contributed by atoms with Crippen molar-refractivity contribution in [2.45, 2.75) is 111 Å². The molecule has 164 valence electrons. The quantitative estimate of drug-likeness (QED) is 0.338. The first-order chi connectivity index (χ1) is 13.2. The Labute approximate surface area is 171 Å². The molecule has 0 aliphatic rings. The van der Waals surface area contributed by atoms with Gasteiger partial charge in [-0.1, -0.05) is 86.0 Å². The summed E-state index contributed by atoms with van der Waals surface area (Å²) in [5.41, 5.74) is 0. The van der Waals surface area contributed by atoms with Crippen molar-refractivity contribution in [2.75, 3.05) is 0 Å². The van der Waals surface area contributed by atoms with E-state index in [0.717, 1.165) is 19.3 Å². The van der Waals surface area contributed by atoms with E-state index < -0.39 is 24.0 Å². The third-order valence-corrected chi connectivity index (χ3v) is 5.00. The SMILES string of the molecule is CCCCCCCCCCCC(=O)N[C@H](C(=O)N[C@H](C(=O)O)C(C)C)C(C)C. The minimum Gasteiger partial charge on any atom is -0.480 e. The zero-order valence-electron chi connectivity index (χ0n) is 18.6. The van der Waals surface area contributed by atoms with Crippen molar-refractivity contribution < 1.29 is 19.5 Å². The third-order valence-electron chi connectivity index (χ3n) is 5.00. The second-order valence-corrected chi connectivity index (χ2v) is 8.44. The van der Waals surface area contributed by atoms with Crippen LogP contribution in [0.2, 0.25) is 0 Å². The number of carbonyl (C=O) groups is 3. The molecule has 0 aliphatic carbocycles. The summed E-state index contributed by atoms with van der Waals surface area (Å²) in [6.45, 7) is 9.38. The summed E-state index contributed by atoms with van der Waals surface area (Å²) in [6, 6.07) is -1.67. The monoisotopic (exact) mass is 398 g/mol. The molecule has 2 amide bonds. The van der Waals surface area contributed by atoms with Crippen LogP contribution >= 0.6 is 0 Å². The molecule has 0 fully saturated rings. The van der Waals surface area contributed by atoms with Crippen molar-refractivity contribution in [2.24, 2.45) is 11.8 Å². The van der Waals surface area contributed by atoms with Gasteiger partial charge < -0.3 is 15.7 Å². The van der Waals surface area contributed by atoms with Gasteiger partial charge in [-0.25, -0.2) is 4.79 Å². The number of amides is 2. The fourth-order valence-corrected chi connectivity index (χ4v) is 3.13. The van der Waals surface area contributed by atoms with E-state index in [2.05, 4.69) is 17.6 Å². The Morgan fingerprint density at radius 2 is 1.18 bits per heavy atom. The molecule has 0 aliphatic heterocycles. The summed E-state index contributed by atoms with van der Waals surface area (Å²) in [6.07, 6.45) is 11.1. The molecule has 2 atom stereocenters. The predicted molar refractivity (Wildman–Crippen MR) is 113 cm³/mol. The molecule has 0 saturated heterocycles. The van der Waals surface area contributed by atoms with Crippen LogP contribution in [0.4, 0.5) is 0 Å². The lowest BCUT2D eigenvalue weighted by molar-refractivity contribution is -0.143. The van der Waals surface area contributed by atoms with E-state index in [9.17, 15) is 19.5 Å². The summed E-state index contributed by atoms with van der Waals surface area (Å²) in [5.74, 6) is -1.99. The van der Waals surface area contributed by atoms with E-state index in [1.807, 2.05) is 13.8 Å². The highest BCUT2D eigenvalue weighted by molar-refractivity contribution is 5.90. The molecule has 0 spiro atoms. The molecule has 0 aromatic heterocycles. The van der Waals surface area contributed by atoms with E-state index in [1.54, 1.807) is 13.8 Å². The molecule has 0 aromatic rings. The highest BCUT2D eigenvalue weighted by Crippen LogP contribution is 2.11. The van der Waals surface area contributed by atoms with Gasteiger partial charge in [0.2, 0.25) is 11.8 Å². The minimum atomic E-state index is -1.06. The highest BCUT2D eigenvalue weighted by Gasteiger charge is 2.29. The second kappa shape index (κ2) is 15.3. The number of aliphatic carboxylic acids is 1. The molecule has 28 heavy (non-hydrogen) atoms. The van der Waals surface area contributed by atoms with E-state index >= 15 is 0 Å². The summed E-state index contributed by atoms with van der Waals surface area (Å²) in [5, 5.41) is 14.6. The van der Waals surface area contributed by atoms with Crippen LogP contribution in [0.15, 0.2) is 0 Å². The van der Waals surface area contributed by atoms with Crippen LogP contribution in [0.1, 0.15) is 98.8 Å². The number of carboxylic acid groups (broad SMARTS) is 1. The Kier molecular flexibility index (Phi) is 14.5.